The number of carbonyl (C=O) groups excluding carboxylic acids is 8. The summed E-state index contributed by atoms with van der Waals surface area (Å²) in [4.78, 5) is 112. The maximum absolute atomic E-state index is 15.7. The van der Waals surface area contributed by atoms with Gasteiger partial charge in [-0.25, -0.2) is 19.2 Å². The summed E-state index contributed by atoms with van der Waals surface area (Å²) >= 11 is 0. The second kappa shape index (κ2) is 20.4. The van der Waals surface area contributed by atoms with E-state index in [9.17, 15) is 44.1 Å². The van der Waals surface area contributed by atoms with Crippen LogP contribution in [0.4, 0.5) is 0 Å². The Morgan fingerprint density at radius 3 is 1.89 bits per heavy atom. The second-order valence-electron chi connectivity index (χ2n) is 19.5. The Morgan fingerprint density at radius 2 is 1.35 bits per heavy atom. The SMILES string of the molecule is CC(=O)O[C@H]1C(=O)[C@@]2(C)C(C(OC(=O)c3ccccc3)[C@]3(O)CC(OC(=O)[C@H](OC(=O)[C@@H](C)OC(=O)[C@@H](C)O)C(NC(=O)c4ccccc4)c4ccccc4)C(C)=C1C3(C)C)[C@]1(OC(C)=O)CO[C@@H]1C[C@@H]2O. The van der Waals surface area contributed by atoms with Gasteiger partial charge in [0.1, 0.15) is 36.1 Å². The number of fused-ring (bicyclic) bond motifs is 5. The van der Waals surface area contributed by atoms with Crippen molar-refractivity contribution in [2.45, 2.75) is 134 Å². The number of rotatable bonds is 14. The van der Waals surface area contributed by atoms with Crippen LogP contribution in [0.5, 0.6) is 0 Å². The third-order valence-electron chi connectivity index (χ3n) is 14.7. The van der Waals surface area contributed by atoms with Crippen molar-refractivity contribution < 1.29 is 86.8 Å². The minimum absolute atomic E-state index is 0.0133. The summed E-state index contributed by atoms with van der Waals surface area (Å²) in [6, 6.07) is 21.9. The van der Waals surface area contributed by atoms with Crippen LogP contribution in [0, 0.1) is 16.7 Å². The molecule has 4 unspecified atom stereocenters. The van der Waals surface area contributed by atoms with Gasteiger partial charge in [-0.1, -0.05) is 80.6 Å². The smallest absolute Gasteiger partial charge is 0.350 e. The van der Waals surface area contributed by atoms with Crippen LogP contribution in [0.1, 0.15) is 101 Å². The van der Waals surface area contributed by atoms with Crippen molar-refractivity contribution in [2.75, 3.05) is 6.61 Å². The van der Waals surface area contributed by atoms with Gasteiger partial charge in [0.05, 0.1) is 29.6 Å². The fourth-order valence-corrected chi connectivity index (χ4v) is 10.8. The van der Waals surface area contributed by atoms with E-state index >= 15 is 9.59 Å². The molecular weight excluding hydrogens is 939 g/mol. The molecule has 13 atom stereocenters. The van der Waals surface area contributed by atoms with Crippen molar-refractivity contribution in [1.82, 2.24) is 5.32 Å². The van der Waals surface area contributed by atoms with Gasteiger partial charge in [-0.15, -0.1) is 0 Å². The summed E-state index contributed by atoms with van der Waals surface area (Å²) in [5.74, 6) is -9.92. The molecule has 1 saturated heterocycles. The molecule has 7 rings (SSSR count). The molecule has 2 saturated carbocycles. The van der Waals surface area contributed by atoms with Crippen molar-refractivity contribution >= 4 is 47.5 Å². The summed E-state index contributed by atoms with van der Waals surface area (Å²) in [6.45, 7) is 9.88. The van der Waals surface area contributed by atoms with E-state index in [0.717, 1.165) is 27.7 Å². The molecule has 2 bridgehead atoms. The number of hydrogen-bond acceptors (Lipinski definition) is 18. The Balaban J connectivity index is 1.42. The van der Waals surface area contributed by atoms with E-state index in [0.29, 0.717) is 0 Å². The van der Waals surface area contributed by atoms with Crippen molar-refractivity contribution in [3.63, 3.8) is 0 Å². The lowest BCUT2D eigenvalue weighted by Crippen LogP contribution is -2.82. The molecule has 0 aromatic heterocycles. The van der Waals surface area contributed by atoms with Crippen LogP contribution in [-0.4, -0.2) is 129 Å². The number of hydrogen-bond donors (Lipinski definition) is 4. The number of aliphatic hydroxyl groups excluding tert-OH is 2. The van der Waals surface area contributed by atoms with Gasteiger partial charge in [0.15, 0.2) is 23.6 Å². The van der Waals surface area contributed by atoms with E-state index in [1.807, 2.05) is 0 Å². The van der Waals surface area contributed by atoms with E-state index in [-0.39, 0.29) is 40.9 Å². The first-order chi connectivity index (χ1) is 33.9. The summed E-state index contributed by atoms with van der Waals surface area (Å²) in [7, 11) is 0. The number of benzene rings is 3. The number of carbonyl (C=O) groups is 8. The number of aliphatic hydroxyl groups is 3. The molecule has 0 radical (unpaired) electrons. The fourth-order valence-electron chi connectivity index (χ4n) is 10.8. The quantitative estimate of drug-likeness (QED) is 0.102. The summed E-state index contributed by atoms with van der Waals surface area (Å²) in [5, 5.41) is 38.7. The first kappa shape index (κ1) is 53.0. The van der Waals surface area contributed by atoms with E-state index in [4.69, 9.17) is 33.2 Å². The summed E-state index contributed by atoms with van der Waals surface area (Å²) in [6.07, 6.45) is -14.7. The minimum atomic E-state index is -2.52. The highest BCUT2D eigenvalue weighted by atomic mass is 16.6. The largest absolute Gasteiger partial charge is 0.455 e. The zero-order valence-corrected chi connectivity index (χ0v) is 41.0. The maximum Gasteiger partial charge on any atom is 0.350 e. The van der Waals surface area contributed by atoms with Crippen molar-refractivity contribution in [3.05, 3.63) is 119 Å². The van der Waals surface area contributed by atoms with Crippen molar-refractivity contribution in [3.8, 4) is 0 Å². The number of esters is 6. The molecule has 4 N–H and O–H groups in total. The highest BCUT2D eigenvalue weighted by molar-refractivity contribution is 5.96. The number of nitrogens with one attached hydrogen (secondary N) is 1. The van der Waals surface area contributed by atoms with E-state index in [1.54, 1.807) is 54.6 Å². The molecule has 1 amide bonds. The average Bonchev–Trinajstić information content (AvgIpc) is 3.33. The Labute approximate surface area is 415 Å². The molecule has 1 heterocycles. The van der Waals surface area contributed by atoms with Gasteiger partial charge in [-0.05, 0) is 68.7 Å². The third kappa shape index (κ3) is 9.53. The summed E-state index contributed by atoms with van der Waals surface area (Å²) in [5.41, 5.74) is -7.94. The molecule has 3 aliphatic carbocycles. The molecule has 3 fully saturated rings. The number of ketones is 1. The van der Waals surface area contributed by atoms with Crippen LogP contribution < -0.4 is 5.32 Å². The Hall–Kier alpha value is -6.80. The van der Waals surface area contributed by atoms with Gasteiger partial charge in [0, 0.05) is 37.7 Å². The highest BCUT2D eigenvalue weighted by Gasteiger charge is 2.78. The first-order valence-corrected chi connectivity index (χ1v) is 23.5. The average molecular weight is 998 g/mol. The van der Waals surface area contributed by atoms with Gasteiger partial charge in [0.2, 0.25) is 6.10 Å². The summed E-state index contributed by atoms with van der Waals surface area (Å²) < 4.78 is 41.6. The van der Waals surface area contributed by atoms with Gasteiger partial charge in [0.25, 0.3) is 5.91 Å². The van der Waals surface area contributed by atoms with Crippen LogP contribution in [-0.2, 0) is 61.9 Å². The molecule has 3 aromatic carbocycles. The zero-order valence-electron chi connectivity index (χ0n) is 41.0. The predicted octanol–water partition coefficient (Wildman–Crippen LogP) is 3.60. The molecule has 3 aromatic rings. The molecule has 0 spiro atoms. The van der Waals surface area contributed by atoms with Crippen molar-refractivity contribution in [1.29, 1.82) is 0 Å². The maximum atomic E-state index is 15.7. The number of ether oxygens (including phenoxy) is 7. The van der Waals surface area contributed by atoms with Crippen LogP contribution in [0.2, 0.25) is 0 Å². The fraction of sp³-hybridized carbons (Fsp3) is 0.472. The zero-order chi connectivity index (χ0) is 52.7. The van der Waals surface area contributed by atoms with Gasteiger partial charge < -0.3 is 53.8 Å². The van der Waals surface area contributed by atoms with Gasteiger partial charge in [-0.2, -0.15) is 0 Å². The van der Waals surface area contributed by atoms with Crippen LogP contribution in [0.25, 0.3) is 0 Å². The van der Waals surface area contributed by atoms with E-state index in [2.05, 4.69) is 5.32 Å². The standard InChI is InChI=1S/C53H59NO18/c1-27-35(69-49(64)41(70-47(62)29(3)67-46(61)28(2)55)39(32-18-12-9-13-19-32)54-45(60)33-20-14-10-15-21-33)25-53(65)44(71-48(63)34-22-16-11-17-23-34)42-51(8,36(58)24-37-52(42,26-66-37)72-31(5)57)43(59)40(68-30(4)56)38(27)50(53,6)7/h9-23,28-29,35-37,39-42,44,55,58,65H,24-26H2,1-8H3,(H,54,60)/t28-,29-,35?,36+,37-,39?,40-,41-,42?,44?,51-,52+,53-/m1/s1. The number of amides is 1. The predicted molar refractivity (Wildman–Crippen MR) is 249 cm³/mol. The molecule has 1 aliphatic heterocycles. The van der Waals surface area contributed by atoms with Gasteiger partial charge >= 0.3 is 35.8 Å². The van der Waals surface area contributed by atoms with E-state index < -0.39 is 137 Å². The van der Waals surface area contributed by atoms with Gasteiger partial charge in [-0.3, -0.25) is 19.2 Å². The Bertz CT molecular complexity index is 2640. The Morgan fingerprint density at radius 1 is 0.764 bits per heavy atom. The molecule has 4 aliphatic rings. The molecule has 384 valence electrons. The minimum Gasteiger partial charge on any atom is -0.455 e. The lowest BCUT2D eigenvalue weighted by molar-refractivity contribution is -0.346. The monoisotopic (exact) mass is 997 g/mol. The molecule has 19 heteroatoms. The van der Waals surface area contributed by atoms with Crippen LogP contribution in [0.3, 0.4) is 0 Å². The Kier molecular flexibility index (Phi) is 15.0. The first-order valence-electron chi connectivity index (χ1n) is 23.5. The number of Topliss-reactive ketones (excluding diaryl/α,β-unsaturated/α-hetero) is 1. The van der Waals surface area contributed by atoms with Crippen molar-refractivity contribution in [2.24, 2.45) is 16.7 Å². The normalized spacial score (nSPS) is 29.8. The van der Waals surface area contributed by atoms with Crippen LogP contribution in [0.15, 0.2) is 102 Å². The highest BCUT2D eigenvalue weighted by Crippen LogP contribution is 2.64. The lowest BCUT2D eigenvalue weighted by atomic mass is 9.44. The van der Waals surface area contributed by atoms with Crippen LogP contribution >= 0.6 is 0 Å². The third-order valence-corrected chi connectivity index (χ3v) is 14.7. The topological polar surface area (TPSA) is 274 Å². The second-order valence-corrected chi connectivity index (χ2v) is 19.5. The lowest BCUT2D eigenvalue weighted by Gasteiger charge is -2.67. The molecule has 19 nitrogen and oxygen atoms in total. The molecular formula is C53H59NO18. The molecule has 72 heavy (non-hydrogen) atoms. The van der Waals surface area contributed by atoms with E-state index in [1.165, 1.54) is 64.1 Å².